The van der Waals surface area contributed by atoms with Crippen molar-refractivity contribution in [2.24, 2.45) is 11.8 Å². The second-order valence-electron chi connectivity index (χ2n) is 9.19. The van der Waals surface area contributed by atoms with Crippen LogP contribution >= 0.6 is 0 Å². The van der Waals surface area contributed by atoms with Gasteiger partial charge in [-0.15, -0.1) is 0 Å². The summed E-state index contributed by atoms with van der Waals surface area (Å²) in [5.41, 5.74) is 1.02. The number of hydrogen-bond donors (Lipinski definition) is 2. The number of aliphatic carboxylic acids is 1. The van der Waals surface area contributed by atoms with Crippen LogP contribution in [0.25, 0.3) is 0 Å². The van der Waals surface area contributed by atoms with Gasteiger partial charge in [-0.2, -0.15) is 15.4 Å². The molecule has 9 nitrogen and oxygen atoms in total. The first-order valence-electron chi connectivity index (χ1n) is 11.4. The highest BCUT2D eigenvalue weighted by Crippen LogP contribution is 2.59. The predicted molar refractivity (Wildman–Crippen MR) is 124 cm³/mol. The number of aromatic amines is 1. The second-order valence-corrected chi connectivity index (χ2v) is 11.4. The zero-order chi connectivity index (χ0) is 24.4. The number of hydrogen-bond acceptors (Lipinski definition) is 6. The summed E-state index contributed by atoms with van der Waals surface area (Å²) < 4.78 is 27.8. The third kappa shape index (κ3) is 2.89. The number of nitrogens with zero attached hydrogens (tertiary/aromatic N) is 3. The Morgan fingerprint density at radius 1 is 1.06 bits per heavy atom. The number of sulfone groups is 1. The van der Waals surface area contributed by atoms with Crippen molar-refractivity contribution in [2.45, 2.75) is 29.4 Å². The van der Waals surface area contributed by atoms with E-state index in [1.54, 1.807) is 60.7 Å². The Balaban J connectivity index is 1.75. The summed E-state index contributed by atoms with van der Waals surface area (Å²) in [6.07, 6.45) is 2.83. The Hall–Kier alpha value is -3.79. The van der Waals surface area contributed by atoms with Crippen molar-refractivity contribution in [1.82, 2.24) is 20.3 Å². The standard InChI is InChI=1S/C25H22N4O5S/c30-22-20(15-11-12-15)23-29(22)21(24(31)32)19(13-18-14-26-28-27-18)25(35(23,33)34,16-7-3-1-4-8-16)17-9-5-2-6-10-17/h1-10,14-15,20,23H,11-13H2,(H,31,32)(H,26,27,28)/t20?,23-/m0/s1. The molecule has 0 spiro atoms. The van der Waals surface area contributed by atoms with Gasteiger partial charge >= 0.3 is 5.97 Å². The van der Waals surface area contributed by atoms with Crippen LogP contribution in [0.3, 0.4) is 0 Å². The first-order chi connectivity index (χ1) is 16.9. The molecular weight excluding hydrogens is 468 g/mol. The monoisotopic (exact) mass is 490 g/mol. The molecule has 1 amide bonds. The number of benzene rings is 2. The summed E-state index contributed by atoms with van der Waals surface area (Å²) in [4.78, 5) is 27.0. The summed E-state index contributed by atoms with van der Waals surface area (Å²) in [5.74, 6) is -2.57. The summed E-state index contributed by atoms with van der Waals surface area (Å²) in [7, 11) is -4.21. The van der Waals surface area contributed by atoms with Crippen molar-refractivity contribution < 1.29 is 23.1 Å². The normalized spacial score (nSPS) is 24.6. The third-order valence-electron chi connectivity index (χ3n) is 7.30. The third-order valence-corrected chi connectivity index (χ3v) is 10.0. The Morgan fingerprint density at radius 3 is 2.14 bits per heavy atom. The average Bonchev–Trinajstić information content (AvgIpc) is 3.54. The molecule has 3 heterocycles. The van der Waals surface area contributed by atoms with E-state index in [1.165, 1.54) is 6.20 Å². The van der Waals surface area contributed by atoms with Crippen molar-refractivity contribution in [3.05, 3.63) is 95.0 Å². The lowest BCUT2D eigenvalue weighted by Crippen LogP contribution is -2.71. The molecule has 2 fully saturated rings. The summed E-state index contributed by atoms with van der Waals surface area (Å²) >= 11 is 0. The number of aromatic nitrogens is 3. The van der Waals surface area contributed by atoms with E-state index in [-0.39, 0.29) is 23.6 Å². The number of amides is 1. The van der Waals surface area contributed by atoms with Crippen LogP contribution < -0.4 is 0 Å². The van der Waals surface area contributed by atoms with Gasteiger partial charge in [-0.25, -0.2) is 13.2 Å². The van der Waals surface area contributed by atoms with Crippen molar-refractivity contribution in [3.63, 3.8) is 0 Å². The number of H-pyrrole nitrogens is 1. The second kappa shape index (κ2) is 7.61. The molecule has 6 rings (SSSR count). The molecule has 2 N–H and O–H groups in total. The molecule has 2 atom stereocenters. The van der Waals surface area contributed by atoms with E-state index < -0.39 is 37.8 Å². The van der Waals surface area contributed by atoms with E-state index in [9.17, 15) is 23.1 Å². The summed E-state index contributed by atoms with van der Waals surface area (Å²) in [6.45, 7) is 0. The van der Waals surface area contributed by atoms with Gasteiger partial charge in [0.15, 0.2) is 15.2 Å². The Morgan fingerprint density at radius 2 is 1.66 bits per heavy atom. The highest BCUT2D eigenvalue weighted by atomic mass is 32.2. The van der Waals surface area contributed by atoms with Crippen LogP contribution in [0, 0.1) is 11.8 Å². The van der Waals surface area contributed by atoms with Crippen LogP contribution in [0.5, 0.6) is 0 Å². The fourth-order valence-corrected chi connectivity index (χ4v) is 8.75. The van der Waals surface area contributed by atoms with Gasteiger partial charge in [-0.05, 0) is 35.5 Å². The minimum atomic E-state index is -4.21. The smallest absolute Gasteiger partial charge is 0.352 e. The Bertz CT molecular complexity index is 1410. The molecule has 10 heteroatoms. The van der Waals surface area contributed by atoms with E-state index in [0.29, 0.717) is 16.8 Å². The highest BCUT2D eigenvalue weighted by Gasteiger charge is 2.71. The fraction of sp³-hybridized carbons (Fsp3) is 0.280. The molecule has 0 bridgehead atoms. The first-order valence-corrected chi connectivity index (χ1v) is 12.9. The van der Waals surface area contributed by atoms with Gasteiger partial charge in [0, 0.05) is 6.42 Å². The molecule has 1 saturated carbocycles. The molecular formula is C25H22N4O5S. The Kier molecular flexibility index (Phi) is 4.72. The number of fused-ring (bicyclic) bond motifs is 1. The number of carbonyl (C=O) groups is 2. The fourth-order valence-electron chi connectivity index (χ4n) is 5.73. The van der Waals surface area contributed by atoms with Gasteiger partial charge in [0.1, 0.15) is 10.4 Å². The van der Waals surface area contributed by atoms with Crippen molar-refractivity contribution in [1.29, 1.82) is 0 Å². The quantitative estimate of drug-likeness (QED) is 0.506. The van der Waals surface area contributed by atoms with Crippen LogP contribution in [0.2, 0.25) is 0 Å². The van der Waals surface area contributed by atoms with Crippen LogP contribution in [-0.2, 0) is 30.6 Å². The SMILES string of the molecule is O=C(O)C1=C(Cc2cn[nH]n2)C(c2ccccc2)(c2ccccc2)S(=O)(=O)[C@H]2C(C3CC3)C(=O)N12. The maximum absolute atomic E-state index is 14.8. The van der Waals surface area contributed by atoms with E-state index in [4.69, 9.17) is 0 Å². The van der Waals surface area contributed by atoms with E-state index in [1.807, 2.05) is 0 Å². The molecule has 2 aliphatic heterocycles. The van der Waals surface area contributed by atoms with Crippen LogP contribution in [0.15, 0.2) is 78.1 Å². The van der Waals surface area contributed by atoms with Crippen LogP contribution in [-0.4, -0.2) is 51.1 Å². The maximum atomic E-state index is 14.8. The molecule has 1 unspecified atom stereocenters. The zero-order valence-corrected chi connectivity index (χ0v) is 19.4. The number of carboxylic acids is 1. The molecule has 1 aliphatic carbocycles. The number of nitrogens with one attached hydrogen (secondary N) is 1. The van der Waals surface area contributed by atoms with E-state index >= 15 is 0 Å². The van der Waals surface area contributed by atoms with Crippen molar-refractivity contribution >= 4 is 21.7 Å². The number of β-lactam (4-membered cyclic amide) rings is 1. The highest BCUT2D eigenvalue weighted by molar-refractivity contribution is 7.93. The van der Waals surface area contributed by atoms with Crippen molar-refractivity contribution in [3.8, 4) is 0 Å². The van der Waals surface area contributed by atoms with Gasteiger partial charge in [0.2, 0.25) is 5.91 Å². The number of rotatable bonds is 6. The topological polar surface area (TPSA) is 133 Å². The molecule has 178 valence electrons. The molecule has 0 radical (unpaired) electrons. The lowest BCUT2D eigenvalue weighted by molar-refractivity contribution is -0.154. The molecule has 1 aromatic heterocycles. The largest absolute Gasteiger partial charge is 0.477 e. The van der Waals surface area contributed by atoms with Crippen molar-refractivity contribution in [2.75, 3.05) is 0 Å². The molecule has 2 aromatic carbocycles. The number of carbonyl (C=O) groups excluding carboxylic acids is 1. The van der Waals surface area contributed by atoms with Crippen LogP contribution in [0.1, 0.15) is 29.7 Å². The van der Waals surface area contributed by atoms with Gasteiger partial charge in [-0.1, -0.05) is 60.7 Å². The summed E-state index contributed by atoms with van der Waals surface area (Å²) in [5, 5.41) is 19.6. The lowest BCUT2D eigenvalue weighted by Gasteiger charge is -2.55. The molecule has 35 heavy (non-hydrogen) atoms. The summed E-state index contributed by atoms with van der Waals surface area (Å²) in [6, 6.07) is 17.3. The van der Waals surface area contributed by atoms with E-state index in [2.05, 4.69) is 15.4 Å². The average molecular weight is 491 g/mol. The van der Waals surface area contributed by atoms with Crippen LogP contribution in [0.4, 0.5) is 0 Å². The minimum Gasteiger partial charge on any atom is -0.477 e. The molecule has 3 aliphatic rings. The van der Waals surface area contributed by atoms with Gasteiger partial charge in [0.25, 0.3) is 0 Å². The van der Waals surface area contributed by atoms with Gasteiger partial charge in [-0.3, -0.25) is 9.69 Å². The molecule has 1 saturated heterocycles. The maximum Gasteiger partial charge on any atom is 0.352 e. The zero-order valence-electron chi connectivity index (χ0n) is 18.5. The lowest BCUT2D eigenvalue weighted by atomic mass is 9.78. The first kappa shape index (κ1) is 21.7. The van der Waals surface area contributed by atoms with E-state index in [0.717, 1.165) is 17.7 Å². The number of carboxylic acid groups (broad SMARTS) is 1. The Labute approximate surface area is 201 Å². The minimum absolute atomic E-state index is 0.0464. The molecule has 3 aromatic rings. The predicted octanol–water partition coefficient (Wildman–Crippen LogP) is 2.25. The van der Waals surface area contributed by atoms with Gasteiger partial charge in [0.05, 0.1) is 17.8 Å². The van der Waals surface area contributed by atoms with Gasteiger partial charge < -0.3 is 5.11 Å².